The molecule has 0 atom stereocenters. The Morgan fingerprint density at radius 1 is 1.30 bits per heavy atom. The third kappa shape index (κ3) is 2.99. The number of aromatic amines is 1. The quantitative estimate of drug-likeness (QED) is 0.936. The van der Waals surface area contributed by atoms with E-state index in [1.54, 1.807) is 17.5 Å². The Labute approximate surface area is 122 Å². The van der Waals surface area contributed by atoms with Crippen LogP contribution >= 0.6 is 11.3 Å². The second kappa shape index (κ2) is 6.05. The van der Waals surface area contributed by atoms with Crippen LogP contribution in [0, 0.1) is 0 Å². The molecular weight excluding hydrogens is 270 g/mol. The van der Waals surface area contributed by atoms with Gasteiger partial charge < -0.3 is 5.32 Å². The monoisotopic (exact) mass is 288 g/mol. The lowest BCUT2D eigenvalue weighted by Crippen LogP contribution is -2.28. The highest BCUT2D eigenvalue weighted by Gasteiger charge is 2.20. The van der Waals surface area contributed by atoms with Crippen LogP contribution in [0.2, 0.25) is 0 Å². The first-order valence-electron chi connectivity index (χ1n) is 6.90. The lowest BCUT2D eigenvalue weighted by Gasteiger charge is -2.08. The molecule has 3 heterocycles. The summed E-state index contributed by atoms with van der Waals surface area (Å²) >= 11 is 1.65. The molecule has 3 rings (SSSR count). The van der Waals surface area contributed by atoms with Crippen LogP contribution in [-0.2, 0) is 6.54 Å². The second-order valence-electron chi connectivity index (χ2n) is 4.92. The molecule has 0 radical (unpaired) electrons. The highest BCUT2D eigenvalue weighted by molar-refractivity contribution is 7.09. The molecule has 1 fully saturated rings. The average Bonchev–Trinajstić information content (AvgIpc) is 3.18. The van der Waals surface area contributed by atoms with Crippen molar-refractivity contribution in [2.24, 2.45) is 0 Å². The zero-order valence-corrected chi connectivity index (χ0v) is 12.1. The number of thiophene rings is 1. The van der Waals surface area contributed by atoms with Gasteiger partial charge in [-0.2, -0.15) is 0 Å². The SMILES string of the molecule is O=C(NCc1cccs1)c1ccc(N2CCCC2)[nH+]c1. The summed E-state index contributed by atoms with van der Waals surface area (Å²) in [6.45, 7) is 2.78. The molecule has 104 valence electrons. The Balaban J connectivity index is 1.60. The number of pyridine rings is 1. The lowest BCUT2D eigenvalue weighted by molar-refractivity contribution is -0.364. The van der Waals surface area contributed by atoms with Crippen LogP contribution in [0.15, 0.2) is 35.8 Å². The standard InChI is InChI=1S/C15H17N3OS/c19-15(17-11-13-4-3-9-20-13)12-5-6-14(16-10-12)18-7-1-2-8-18/h3-6,9-10H,1-2,7-8,11H2,(H,17,19)/p+1. The van der Waals surface area contributed by atoms with Gasteiger partial charge in [-0.1, -0.05) is 6.07 Å². The summed E-state index contributed by atoms with van der Waals surface area (Å²) in [6.07, 6.45) is 4.28. The van der Waals surface area contributed by atoms with Gasteiger partial charge in [-0.15, -0.1) is 11.3 Å². The number of amides is 1. The minimum Gasteiger partial charge on any atom is -0.347 e. The molecule has 2 aromatic heterocycles. The molecule has 0 unspecified atom stereocenters. The fourth-order valence-corrected chi connectivity index (χ4v) is 3.04. The van der Waals surface area contributed by atoms with Crippen LogP contribution in [0.3, 0.4) is 0 Å². The highest BCUT2D eigenvalue weighted by atomic mass is 32.1. The van der Waals surface area contributed by atoms with Crippen molar-refractivity contribution in [3.8, 4) is 0 Å². The van der Waals surface area contributed by atoms with Crippen molar-refractivity contribution in [2.45, 2.75) is 19.4 Å². The van der Waals surface area contributed by atoms with E-state index in [1.807, 2.05) is 29.6 Å². The van der Waals surface area contributed by atoms with Crippen molar-refractivity contribution in [1.82, 2.24) is 5.32 Å². The summed E-state index contributed by atoms with van der Waals surface area (Å²) in [5, 5.41) is 4.94. The molecule has 0 spiro atoms. The van der Waals surface area contributed by atoms with Gasteiger partial charge in [-0.05, 0) is 30.4 Å². The van der Waals surface area contributed by atoms with Gasteiger partial charge >= 0.3 is 0 Å². The predicted molar refractivity (Wildman–Crippen MR) is 79.9 cm³/mol. The van der Waals surface area contributed by atoms with E-state index in [0.29, 0.717) is 12.1 Å². The number of anilines is 1. The molecule has 4 nitrogen and oxygen atoms in total. The maximum Gasteiger partial charge on any atom is 0.274 e. The maximum atomic E-state index is 12.0. The van der Waals surface area contributed by atoms with Gasteiger partial charge in [0.15, 0.2) is 0 Å². The number of carbonyl (C=O) groups is 1. The van der Waals surface area contributed by atoms with E-state index in [0.717, 1.165) is 23.8 Å². The van der Waals surface area contributed by atoms with Gasteiger partial charge in [0.2, 0.25) is 0 Å². The maximum absolute atomic E-state index is 12.0. The zero-order valence-electron chi connectivity index (χ0n) is 11.3. The van der Waals surface area contributed by atoms with E-state index < -0.39 is 0 Å². The van der Waals surface area contributed by atoms with Crippen LogP contribution in [0.1, 0.15) is 28.1 Å². The van der Waals surface area contributed by atoms with Crippen molar-refractivity contribution < 1.29 is 9.78 Å². The van der Waals surface area contributed by atoms with E-state index in [-0.39, 0.29) is 5.91 Å². The first-order valence-corrected chi connectivity index (χ1v) is 7.78. The molecule has 2 aromatic rings. The van der Waals surface area contributed by atoms with Gasteiger partial charge in [0.05, 0.1) is 25.2 Å². The van der Waals surface area contributed by atoms with Crippen LogP contribution < -0.4 is 15.2 Å². The molecule has 1 aliphatic heterocycles. The summed E-state index contributed by atoms with van der Waals surface area (Å²) in [7, 11) is 0. The zero-order chi connectivity index (χ0) is 13.8. The molecule has 2 N–H and O–H groups in total. The Bertz CT molecular complexity index is 559. The molecular formula is C15H18N3OS+. The Kier molecular flexibility index (Phi) is 3.97. The third-order valence-electron chi connectivity index (χ3n) is 3.51. The summed E-state index contributed by atoms with van der Waals surface area (Å²) in [4.78, 5) is 18.7. The summed E-state index contributed by atoms with van der Waals surface area (Å²) in [6, 6.07) is 7.89. The third-order valence-corrected chi connectivity index (χ3v) is 4.38. The van der Waals surface area contributed by atoms with Crippen molar-refractivity contribution in [3.63, 3.8) is 0 Å². The van der Waals surface area contributed by atoms with E-state index in [2.05, 4.69) is 15.2 Å². The molecule has 0 saturated carbocycles. The molecule has 1 amide bonds. The molecule has 0 bridgehead atoms. The Hall–Kier alpha value is -1.88. The molecule has 1 aliphatic rings. The van der Waals surface area contributed by atoms with Gasteiger partial charge in [-0.3, -0.25) is 9.69 Å². The van der Waals surface area contributed by atoms with Gasteiger partial charge in [0.1, 0.15) is 6.20 Å². The van der Waals surface area contributed by atoms with E-state index in [4.69, 9.17) is 0 Å². The number of aromatic nitrogens is 1. The largest absolute Gasteiger partial charge is 0.347 e. The Morgan fingerprint density at radius 2 is 2.15 bits per heavy atom. The van der Waals surface area contributed by atoms with Gasteiger partial charge in [-0.25, -0.2) is 4.98 Å². The number of H-pyrrole nitrogens is 1. The van der Waals surface area contributed by atoms with Crippen LogP contribution in [-0.4, -0.2) is 19.0 Å². The summed E-state index contributed by atoms with van der Waals surface area (Å²) in [5.41, 5.74) is 0.671. The molecule has 20 heavy (non-hydrogen) atoms. The predicted octanol–water partition coefficient (Wildman–Crippen LogP) is 2.09. The number of carbonyl (C=O) groups excluding carboxylic acids is 1. The summed E-state index contributed by atoms with van der Waals surface area (Å²) in [5.74, 6) is 1.06. The highest BCUT2D eigenvalue weighted by Crippen LogP contribution is 2.15. The molecule has 0 aromatic carbocycles. The van der Waals surface area contributed by atoms with Gasteiger partial charge in [0.25, 0.3) is 11.7 Å². The normalized spacial score (nSPS) is 14.5. The summed E-state index contributed by atoms with van der Waals surface area (Å²) < 4.78 is 0. The minimum atomic E-state index is -0.0392. The van der Waals surface area contributed by atoms with Gasteiger partial charge in [0, 0.05) is 10.9 Å². The smallest absolute Gasteiger partial charge is 0.274 e. The Morgan fingerprint density at radius 3 is 2.80 bits per heavy atom. The van der Waals surface area contributed by atoms with Crippen molar-refractivity contribution >= 4 is 23.1 Å². The number of hydrogen-bond acceptors (Lipinski definition) is 3. The van der Waals surface area contributed by atoms with Crippen LogP contribution in [0.25, 0.3) is 0 Å². The first kappa shape index (κ1) is 13.1. The van der Waals surface area contributed by atoms with E-state index in [9.17, 15) is 4.79 Å². The topological polar surface area (TPSA) is 46.5 Å². The van der Waals surface area contributed by atoms with E-state index >= 15 is 0 Å². The lowest BCUT2D eigenvalue weighted by atomic mass is 10.2. The number of nitrogens with one attached hydrogen (secondary N) is 2. The van der Waals surface area contributed by atoms with E-state index in [1.165, 1.54) is 12.8 Å². The first-order chi connectivity index (χ1) is 9.83. The van der Waals surface area contributed by atoms with Crippen LogP contribution in [0.4, 0.5) is 5.82 Å². The number of hydrogen-bond donors (Lipinski definition) is 1. The molecule has 1 saturated heterocycles. The molecule has 0 aliphatic carbocycles. The minimum absolute atomic E-state index is 0.0392. The second-order valence-corrected chi connectivity index (χ2v) is 5.95. The number of rotatable bonds is 4. The van der Waals surface area contributed by atoms with Crippen LogP contribution in [0.5, 0.6) is 0 Å². The number of nitrogens with zero attached hydrogens (tertiary/aromatic N) is 1. The fraction of sp³-hybridized carbons (Fsp3) is 0.333. The van der Waals surface area contributed by atoms with Crippen molar-refractivity contribution in [2.75, 3.05) is 18.0 Å². The van der Waals surface area contributed by atoms with Crippen molar-refractivity contribution in [1.29, 1.82) is 0 Å². The fourth-order valence-electron chi connectivity index (χ4n) is 2.40. The van der Waals surface area contributed by atoms with Crippen molar-refractivity contribution in [3.05, 3.63) is 46.3 Å². The molecule has 5 heteroatoms. The average molecular weight is 288 g/mol.